The van der Waals surface area contributed by atoms with Gasteiger partial charge in [-0.25, -0.2) is 0 Å². The molecule has 3 rings (SSSR count). The number of nitrogens with one attached hydrogen (secondary N) is 1. The Morgan fingerprint density at radius 1 is 1.24 bits per heavy atom. The molecule has 0 amide bonds. The van der Waals surface area contributed by atoms with E-state index in [0.717, 1.165) is 0 Å². The predicted molar refractivity (Wildman–Crippen MR) is 96.5 cm³/mol. The number of anilines is 1. The van der Waals surface area contributed by atoms with Crippen LogP contribution in [0, 0.1) is 0 Å². The van der Waals surface area contributed by atoms with Crippen molar-refractivity contribution >= 4 is 44.3 Å². The van der Waals surface area contributed by atoms with Crippen LogP contribution in [0.15, 0.2) is 51.4 Å². The van der Waals surface area contributed by atoms with Gasteiger partial charge in [-0.05, 0) is 46.3 Å². The van der Waals surface area contributed by atoms with Crippen LogP contribution in [0.2, 0.25) is 0 Å². The van der Waals surface area contributed by atoms with Crippen LogP contribution in [0.3, 0.4) is 0 Å². The zero-order valence-corrected chi connectivity index (χ0v) is 14.8. The average molecular weight is 404 g/mol. The van der Waals surface area contributed by atoms with Gasteiger partial charge in [-0.2, -0.15) is 0 Å². The van der Waals surface area contributed by atoms with Gasteiger partial charge >= 0.3 is 5.97 Å². The quantitative estimate of drug-likeness (QED) is 0.606. The Hall–Kier alpha value is -2.80. The van der Waals surface area contributed by atoms with Gasteiger partial charge in [0.2, 0.25) is 5.78 Å². The molecule has 2 N–H and O–H groups in total. The van der Waals surface area contributed by atoms with Gasteiger partial charge in [0.15, 0.2) is 5.76 Å². The number of aliphatic carboxylic acids is 1. The number of carboxylic acids is 1. The summed E-state index contributed by atoms with van der Waals surface area (Å²) in [5, 5.41) is 12.4. The number of ketones is 1. The molecule has 0 saturated heterocycles. The lowest BCUT2D eigenvalue weighted by molar-refractivity contribution is -0.134. The van der Waals surface area contributed by atoms with Crippen molar-refractivity contribution in [1.82, 2.24) is 0 Å². The average Bonchev–Trinajstić information content (AvgIpc) is 2.97. The maximum atomic E-state index is 12.9. The Labute approximate surface area is 151 Å². The summed E-state index contributed by atoms with van der Waals surface area (Å²) in [6.07, 6.45) is 0. The van der Waals surface area contributed by atoms with Gasteiger partial charge in [-0.15, -0.1) is 0 Å². The molecule has 0 aliphatic heterocycles. The molecule has 0 atom stereocenters. The number of halogens is 1. The molecule has 0 saturated carbocycles. The lowest BCUT2D eigenvalue weighted by Gasteiger charge is -2.07. The van der Waals surface area contributed by atoms with Crippen LogP contribution in [0.25, 0.3) is 11.0 Å². The Balaban J connectivity index is 2.07. The van der Waals surface area contributed by atoms with E-state index in [1.54, 1.807) is 42.5 Å². The maximum Gasteiger partial charge on any atom is 0.322 e. The van der Waals surface area contributed by atoms with Crippen LogP contribution in [0.1, 0.15) is 16.1 Å². The van der Waals surface area contributed by atoms with Crippen molar-refractivity contribution in [2.75, 3.05) is 19.0 Å². The number of para-hydroxylation sites is 1. The van der Waals surface area contributed by atoms with Gasteiger partial charge in [-0.3, -0.25) is 9.59 Å². The Morgan fingerprint density at radius 3 is 2.68 bits per heavy atom. The zero-order valence-electron chi connectivity index (χ0n) is 13.2. The van der Waals surface area contributed by atoms with Crippen molar-refractivity contribution < 1.29 is 23.8 Å². The maximum absolute atomic E-state index is 12.9. The number of ether oxygens (including phenoxy) is 1. The smallest absolute Gasteiger partial charge is 0.322 e. The first-order valence-corrected chi connectivity index (χ1v) is 8.16. The van der Waals surface area contributed by atoms with Crippen molar-refractivity contribution in [3.8, 4) is 5.75 Å². The third kappa shape index (κ3) is 3.36. The Morgan fingerprint density at radius 2 is 2.00 bits per heavy atom. The summed E-state index contributed by atoms with van der Waals surface area (Å²) in [6, 6.07) is 12.0. The summed E-state index contributed by atoms with van der Waals surface area (Å²) in [6.45, 7) is -0.323. The third-order valence-corrected chi connectivity index (χ3v) is 4.25. The minimum atomic E-state index is -1.03. The van der Waals surface area contributed by atoms with Gasteiger partial charge in [-0.1, -0.05) is 12.1 Å². The second kappa shape index (κ2) is 6.98. The summed E-state index contributed by atoms with van der Waals surface area (Å²) < 4.78 is 11.5. The summed E-state index contributed by atoms with van der Waals surface area (Å²) in [5.41, 5.74) is 1.27. The molecule has 0 fully saturated rings. The fourth-order valence-electron chi connectivity index (χ4n) is 2.48. The van der Waals surface area contributed by atoms with Crippen LogP contribution >= 0.6 is 15.9 Å². The number of hydrogen-bond acceptors (Lipinski definition) is 5. The first kappa shape index (κ1) is 17.0. The van der Waals surface area contributed by atoms with Crippen LogP contribution in [-0.4, -0.2) is 30.5 Å². The topological polar surface area (TPSA) is 88.8 Å². The van der Waals surface area contributed by atoms with E-state index in [0.29, 0.717) is 32.4 Å². The second-order valence-electron chi connectivity index (χ2n) is 5.23. The van der Waals surface area contributed by atoms with Crippen molar-refractivity contribution in [2.24, 2.45) is 0 Å². The zero-order chi connectivity index (χ0) is 18.0. The van der Waals surface area contributed by atoms with Crippen LogP contribution in [-0.2, 0) is 4.79 Å². The van der Waals surface area contributed by atoms with E-state index in [1.807, 2.05) is 0 Å². The first-order chi connectivity index (χ1) is 12.0. The molecule has 2 aromatic carbocycles. The van der Waals surface area contributed by atoms with E-state index < -0.39 is 5.97 Å². The van der Waals surface area contributed by atoms with Crippen molar-refractivity contribution in [3.05, 3.63) is 58.3 Å². The molecule has 3 aromatic rings. The summed E-state index contributed by atoms with van der Waals surface area (Å²) in [7, 11) is 1.54. The second-order valence-corrected chi connectivity index (χ2v) is 6.08. The van der Waals surface area contributed by atoms with Gasteiger partial charge in [0.05, 0.1) is 17.3 Å². The fraction of sp³-hybridized carbons (Fsp3) is 0.111. The number of fused-ring (bicyclic) bond motifs is 1. The number of carbonyl (C=O) groups excluding carboxylic acids is 1. The van der Waals surface area contributed by atoms with E-state index in [1.165, 1.54) is 7.11 Å². The van der Waals surface area contributed by atoms with Gasteiger partial charge < -0.3 is 19.6 Å². The molecule has 1 heterocycles. The van der Waals surface area contributed by atoms with Crippen LogP contribution in [0.5, 0.6) is 5.75 Å². The van der Waals surface area contributed by atoms with Gasteiger partial charge in [0.1, 0.15) is 17.9 Å². The van der Waals surface area contributed by atoms with Gasteiger partial charge in [0.25, 0.3) is 0 Å². The van der Waals surface area contributed by atoms with Crippen LogP contribution in [0.4, 0.5) is 5.69 Å². The third-order valence-electron chi connectivity index (χ3n) is 3.63. The standard InChI is InChI=1S/C18H14BrNO5/c1-24-14-7-6-10(8-12(14)19)17(23)18-16(20-9-15(21)22)11-4-2-3-5-13(11)25-18/h2-8,20H,9H2,1H3,(H,21,22). The minimum Gasteiger partial charge on any atom is -0.496 e. The molecule has 0 radical (unpaired) electrons. The monoisotopic (exact) mass is 403 g/mol. The molecule has 0 spiro atoms. The molecule has 7 heteroatoms. The lowest BCUT2D eigenvalue weighted by atomic mass is 10.1. The number of benzene rings is 2. The molecule has 25 heavy (non-hydrogen) atoms. The SMILES string of the molecule is COc1ccc(C(=O)c2oc3ccccc3c2NCC(=O)O)cc1Br. The molecule has 0 unspecified atom stereocenters. The Kier molecular flexibility index (Phi) is 4.76. The lowest BCUT2D eigenvalue weighted by Crippen LogP contribution is -2.14. The summed E-state index contributed by atoms with van der Waals surface area (Å²) in [5.74, 6) is -0.715. The number of carbonyl (C=O) groups is 2. The Bertz CT molecular complexity index is 963. The molecule has 0 bridgehead atoms. The molecular weight excluding hydrogens is 390 g/mol. The molecule has 1 aromatic heterocycles. The van der Waals surface area contributed by atoms with Crippen LogP contribution < -0.4 is 10.1 Å². The molecule has 6 nitrogen and oxygen atoms in total. The van der Waals surface area contributed by atoms with Crippen molar-refractivity contribution in [1.29, 1.82) is 0 Å². The molecule has 0 aliphatic carbocycles. The normalized spacial score (nSPS) is 10.6. The van der Waals surface area contributed by atoms with E-state index in [4.69, 9.17) is 14.3 Å². The summed E-state index contributed by atoms with van der Waals surface area (Å²) in [4.78, 5) is 23.8. The first-order valence-electron chi connectivity index (χ1n) is 7.36. The minimum absolute atomic E-state index is 0.0690. The van der Waals surface area contributed by atoms with E-state index >= 15 is 0 Å². The highest BCUT2D eigenvalue weighted by atomic mass is 79.9. The molecular formula is C18H14BrNO5. The molecule has 128 valence electrons. The van der Waals surface area contributed by atoms with E-state index in [2.05, 4.69) is 21.2 Å². The summed E-state index contributed by atoms with van der Waals surface area (Å²) >= 11 is 3.35. The van der Waals surface area contributed by atoms with E-state index in [9.17, 15) is 9.59 Å². The van der Waals surface area contributed by atoms with Crippen molar-refractivity contribution in [3.63, 3.8) is 0 Å². The number of rotatable bonds is 6. The van der Waals surface area contributed by atoms with Crippen molar-refractivity contribution in [2.45, 2.75) is 0 Å². The number of hydrogen-bond donors (Lipinski definition) is 2. The highest BCUT2D eigenvalue weighted by molar-refractivity contribution is 9.10. The number of furan rings is 1. The largest absolute Gasteiger partial charge is 0.496 e. The highest BCUT2D eigenvalue weighted by Crippen LogP contribution is 2.33. The number of methoxy groups -OCH3 is 1. The predicted octanol–water partition coefficient (Wildman–Crippen LogP) is 3.93. The fourth-order valence-corrected chi connectivity index (χ4v) is 3.02. The number of carboxylic acid groups (broad SMARTS) is 1. The highest BCUT2D eigenvalue weighted by Gasteiger charge is 2.23. The van der Waals surface area contributed by atoms with Gasteiger partial charge in [0, 0.05) is 10.9 Å². The molecule has 0 aliphatic rings. The van der Waals surface area contributed by atoms with E-state index in [-0.39, 0.29) is 18.1 Å².